The van der Waals surface area contributed by atoms with Gasteiger partial charge in [-0.3, -0.25) is 9.59 Å². The van der Waals surface area contributed by atoms with Crippen LogP contribution in [0.15, 0.2) is 6.07 Å². The van der Waals surface area contributed by atoms with Gasteiger partial charge in [-0.2, -0.15) is 0 Å². The van der Waals surface area contributed by atoms with E-state index < -0.39 is 0 Å². The molecule has 0 spiro atoms. The van der Waals surface area contributed by atoms with E-state index in [4.69, 9.17) is 28.9 Å². The van der Waals surface area contributed by atoms with Crippen LogP contribution < -0.4 is 11.1 Å². The monoisotopic (exact) mass is 332 g/mol. The van der Waals surface area contributed by atoms with Crippen LogP contribution >= 0.6 is 23.2 Å². The molecule has 1 saturated heterocycles. The molecule has 4 N–H and O–H groups in total. The van der Waals surface area contributed by atoms with E-state index >= 15 is 0 Å². The molecule has 6 nitrogen and oxygen atoms in total. The minimum absolute atomic E-state index is 0.0551. The lowest BCUT2D eigenvalue weighted by molar-refractivity contribution is -0.126. The van der Waals surface area contributed by atoms with Gasteiger partial charge >= 0.3 is 0 Å². The summed E-state index contributed by atoms with van der Waals surface area (Å²) in [7, 11) is 0. The van der Waals surface area contributed by atoms with Crippen LogP contribution in [-0.2, 0) is 4.79 Å². The molecule has 0 aliphatic carbocycles. The number of hydrogen-bond acceptors (Lipinski definition) is 3. The highest BCUT2D eigenvalue weighted by atomic mass is 35.5. The predicted octanol–water partition coefficient (Wildman–Crippen LogP) is 1.25. The van der Waals surface area contributed by atoms with Crippen LogP contribution in [-0.4, -0.2) is 47.9 Å². The first-order chi connectivity index (χ1) is 10.0. The van der Waals surface area contributed by atoms with Crippen LogP contribution in [0.2, 0.25) is 10.2 Å². The van der Waals surface area contributed by atoms with E-state index in [-0.39, 0.29) is 22.9 Å². The minimum atomic E-state index is -0.199. The molecule has 0 saturated carbocycles. The zero-order chi connectivity index (χ0) is 15.4. The normalized spacial score (nSPS) is 18.6. The zero-order valence-corrected chi connectivity index (χ0v) is 13.0. The summed E-state index contributed by atoms with van der Waals surface area (Å²) >= 11 is 11.7. The first kappa shape index (κ1) is 16.1. The SMILES string of the molecule is NCCNC(=O)C1CCCN(C(=O)c2cc(Cl)c(Cl)[nH]2)C1. The summed E-state index contributed by atoms with van der Waals surface area (Å²) in [6.07, 6.45) is 1.56. The van der Waals surface area contributed by atoms with Gasteiger partial charge in [-0.05, 0) is 18.9 Å². The van der Waals surface area contributed by atoms with Crippen molar-refractivity contribution in [1.29, 1.82) is 0 Å². The average molecular weight is 333 g/mol. The van der Waals surface area contributed by atoms with Gasteiger partial charge in [0.05, 0.1) is 10.9 Å². The zero-order valence-electron chi connectivity index (χ0n) is 11.5. The minimum Gasteiger partial charge on any atom is -0.355 e. The van der Waals surface area contributed by atoms with Crippen molar-refractivity contribution < 1.29 is 9.59 Å². The number of carbonyl (C=O) groups excluding carboxylic acids is 2. The molecule has 8 heteroatoms. The number of nitrogens with one attached hydrogen (secondary N) is 2. The number of amides is 2. The van der Waals surface area contributed by atoms with Crippen LogP contribution in [0.1, 0.15) is 23.3 Å². The highest BCUT2D eigenvalue weighted by Gasteiger charge is 2.29. The quantitative estimate of drug-likeness (QED) is 0.774. The lowest BCUT2D eigenvalue weighted by atomic mass is 9.97. The number of carbonyl (C=O) groups is 2. The molecule has 1 aromatic heterocycles. The largest absolute Gasteiger partial charge is 0.355 e. The van der Waals surface area contributed by atoms with Crippen molar-refractivity contribution in [2.75, 3.05) is 26.2 Å². The Morgan fingerprint density at radius 1 is 1.48 bits per heavy atom. The molecule has 2 rings (SSSR count). The van der Waals surface area contributed by atoms with E-state index in [1.54, 1.807) is 4.90 Å². The molecule has 21 heavy (non-hydrogen) atoms. The molecule has 0 aromatic carbocycles. The summed E-state index contributed by atoms with van der Waals surface area (Å²) in [5, 5.41) is 3.32. The van der Waals surface area contributed by atoms with Gasteiger partial charge in [0.15, 0.2) is 0 Å². The lowest BCUT2D eigenvalue weighted by Crippen LogP contribution is -2.46. The Labute approximate surface area is 132 Å². The van der Waals surface area contributed by atoms with Crippen LogP contribution in [0.25, 0.3) is 0 Å². The van der Waals surface area contributed by atoms with E-state index in [0.717, 1.165) is 12.8 Å². The van der Waals surface area contributed by atoms with Gasteiger partial charge in [-0.1, -0.05) is 23.2 Å². The number of aromatic nitrogens is 1. The third-order valence-corrected chi connectivity index (χ3v) is 4.17. The number of nitrogens with zero attached hydrogens (tertiary/aromatic N) is 1. The van der Waals surface area contributed by atoms with Crippen molar-refractivity contribution >= 4 is 35.0 Å². The number of nitrogens with two attached hydrogens (primary N) is 1. The summed E-state index contributed by atoms with van der Waals surface area (Å²) in [5.74, 6) is -0.448. The third-order valence-electron chi connectivity index (χ3n) is 3.48. The highest BCUT2D eigenvalue weighted by Crippen LogP contribution is 2.24. The number of likely N-dealkylation sites (tertiary alicyclic amines) is 1. The second-order valence-corrected chi connectivity index (χ2v) is 5.80. The maximum atomic E-state index is 12.4. The topological polar surface area (TPSA) is 91.2 Å². The second kappa shape index (κ2) is 7.15. The number of hydrogen-bond donors (Lipinski definition) is 3. The van der Waals surface area contributed by atoms with Crippen molar-refractivity contribution in [3.05, 3.63) is 21.9 Å². The molecule has 0 bridgehead atoms. The van der Waals surface area contributed by atoms with Crippen molar-refractivity contribution in [2.24, 2.45) is 11.7 Å². The van der Waals surface area contributed by atoms with Gasteiger partial charge in [0, 0.05) is 26.2 Å². The van der Waals surface area contributed by atoms with Crippen molar-refractivity contribution in [3.8, 4) is 0 Å². The fourth-order valence-corrected chi connectivity index (χ4v) is 2.72. The molecule has 1 fully saturated rings. The molecule has 0 radical (unpaired) electrons. The highest BCUT2D eigenvalue weighted by molar-refractivity contribution is 6.41. The molecular formula is C13H18Cl2N4O2. The maximum absolute atomic E-state index is 12.4. The second-order valence-electron chi connectivity index (χ2n) is 5.01. The standard InChI is InChI=1S/C13H18Cl2N4O2/c14-9-6-10(18-11(9)15)13(21)19-5-1-2-8(7-19)12(20)17-4-3-16/h6,8,18H,1-5,7,16H2,(H,17,20). The Morgan fingerprint density at radius 2 is 2.24 bits per heavy atom. The molecule has 2 amide bonds. The molecule has 1 aliphatic heterocycles. The molecule has 2 heterocycles. The summed E-state index contributed by atoms with van der Waals surface area (Å²) in [5.41, 5.74) is 5.71. The number of halogens is 2. The fourth-order valence-electron chi connectivity index (χ4n) is 2.40. The van der Waals surface area contributed by atoms with Gasteiger partial charge in [0.2, 0.25) is 5.91 Å². The maximum Gasteiger partial charge on any atom is 0.270 e. The molecule has 116 valence electrons. The lowest BCUT2D eigenvalue weighted by Gasteiger charge is -2.31. The Balaban J connectivity index is 2.00. The van der Waals surface area contributed by atoms with E-state index in [2.05, 4.69) is 10.3 Å². The Morgan fingerprint density at radius 3 is 2.86 bits per heavy atom. The van der Waals surface area contributed by atoms with Crippen LogP contribution in [0.5, 0.6) is 0 Å². The summed E-state index contributed by atoms with van der Waals surface area (Å²) in [6, 6.07) is 1.50. The molecule has 1 aromatic rings. The van der Waals surface area contributed by atoms with Gasteiger partial charge in [0.25, 0.3) is 5.91 Å². The van der Waals surface area contributed by atoms with Crippen LogP contribution in [0.4, 0.5) is 0 Å². The summed E-state index contributed by atoms with van der Waals surface area (Å²) in [6.45, 7) is 1.86. The first-order valence-electron chi connectivity index (χ1n) is 6.84. The number of rotatable bonds is 4. The molecule has 1 atom stereocenters. The summed E-state index contributed by atoms with van der Waals surface area (Å²) < 4.78 is 0. The Kier molecular flexibility index (Phi) is 5.50. The Bertz CT molecular complexity index is 513. The van der Waals surface area contributed by atoms with Gasteiger partial charge in [0.1, 0.15) is 10.8 Å². The van der Waals surface area contributed by atoms with Crippen molar-refractivity contribution in [2.45, 2.75) is 12.8 Å². The number of aromatic amines is 1. The van der Waals surface area contributed by atoms with Crippen molar-refractivity contribution in [1.82, 2.24) is 15.2 Å². The van der Waals surface area contributed by atoms with E-state index in [1.807, 2.05) is 0 Å². The van der Waals surface area contributed by atoms with Gasteiger partial charge in [-0.15, -0.1) is 0 Å². The number of H-pyrrole nitrogens is 1. The van der Waals surface area contributed by atoms with Gasteiger partial charge in [-0.25, -0.2) is 0 Å². The average Bonchev–Trinajstić information content (AvgIpc) is 2.83. The first-order valence-corrected chi connectivity index (χ1v) is 7.59. The van der Waals surface area contributed by atoms with E-state index in [9.17, 15) is 9.59 Å². The number of piperidine rings is 1. The Hall–Kier alpha value is -1.24. The van der Waals surface area contributed by atoms with Crippen LogP contribution in [0, 0.1) is 5.92 Å². The third kappa shape index (κ3) is 3.90. The van der Waals surface area contributed by atoms with Crippen LogP contribution in [0.3, 0.4) is 0 Å². The predicted molar refractivity (Wildman–Crippen MR) is 81.5 cm³/mol. The van der Waals surface area contributed by atoms with Gasteiger partial charge < -0.3 is 20.9 Å². The molecule has 1 aliphatic rings. The smallest absolute Gasteiger partial charge is 0.270 e. The fraction of sp³-hybridized carbons (Fsp3) is 0.538. The summed E-state index contributed by atoms with van der Waals surface area (Å²) in [4.78, 5) is 28.7. The van der Waals surface area contributed by atoms with E-state index in [0.29, 0.717) is 36.9 Å². The van der Waals surface area contributed by atoms with E-state index in [1.165, 1.54) is 6.07 Å². The van der Waals surface area contributed by atoms with Crippen molar-refractivity contribution in [3.63, 3.8) is 0 Å². The molecular weight excluding hydrogens is 315 g/mol. The molecule has 1 unspecified atom stereocenters.